The molecule has 0 saturated heterocycles. The Morgan fingerprint density at radius 3 is 2.74 bits per heavy atom. The van der Waals surface area contributed by atoms with Crippen molar-refractivity contribution >= 4 is 11.3 Å². The van der Waals surface area contributed by atoms with Gasteiger partial charge in [0.05, 0.1) is 0 Å². The van der Waals surface area contributed by atoms with Crippen LogP contribution in [-0.2, 0) is 6.42 Å². The molecule has 4 nitrogen and oxygen atoms in total. The maximum Gasteiger partial charge on any atom is 0.166 e. The third-order valence-electron chi connectivity index (χ3n) is 2.57. The fraction of sp³-hybridized carbons (Fsp3) is 0.500. The first kappa shape index (κ1) is 14.1. The maximum atomic E-state index is 4.29. The molecule has 0 bridgehead atoms. The maximum absolute atomic E-state index is 4.29. The van der Waals surface area contributed by atoms with Crippen molar-refractivity contribution in [3.05, 3.63) is 29.4 Å². The molecule has 0 amide bonds. The van der Waals surface area contributed by atoms with Gasteiger partial charge < -0.3 is 5.32 Å². The van der Waals surface area contributed by atoms with Crippen molar-refractivity contribution in [3.8, 4) is 10.7 Å². The molecule has 2 aromatic rings. The third-order valence-corrected chi connectivity index (χ3v) is 3.58. The summed E-state index contributed by atoms with van der Waals surface area (Å²) in [4.78, 5) is 4.29. The van der Waals surface area contributed by atoms with E-state index in [9.17, 15) is 0 Å². The second-order valence-corrected chi connectivity index (χ2v) is 6.56. The summed E-state index contributed by atoms with van der Waals surface area (Å²) in [7, 11) is 0. The number of hydrogen-bond donors (Lipinski definition) is 1. The standard InChI is InChI=1S/C14H20N4S/c1-14(2,3)16-10-6-8-12-17-18-13(19-12)11-7-4-5-9-15-11/h4-5,7,9,16H,6,8,10H2,1-3H3. The molecule has 0 aromatic carbocycles. The highest BCUT2D eigenvalue weighted by molar-refractivity contribution is 7.14. The summed E-state index contributed by atoms with van der Waals surface area (Å²) in [6.07, 6.45) is 3.82. The molecular weight excluding hydrogens is 256 g/mol. The van der Waals surface area contributed by atoms with Crippen LogP contribution in [0.2, 0.25) is 0 Å². The second-order valence-electron chi connectivity index (χ2n) is 5.50. The molecule has 0 aliphatic heterocycles. The highest BCUT2D eigenvalue weighted by Crippen LogP contribution is 2.21. The van der Waals surface area contributed by atoms with Crippen LogP contribution in [0.4, 0.5) is 0 Å². The highest BCUT2D eigenvalue weighted by atomic mass is 32.1. The van der Waals surface area contributed by atoms with Crippen LogP contribution < -0.4 is 5.32 Å². The van der Waals surface area contributed by atoms with Crippen LogP contribution in [0.15, 0.2) is 24.4 Å². The van der Waals surface area contributed by atoms with Gasteiger partial charge in [-0.25, -0.2) is 0 Å². The molecule has 2 aromatic heterocycles. The predicted octanol–water partition coefficient (Wildman–Crippen LogP) is 2.92. The first-order valence-electron chi connectivity index (χ1n) is 6.53. The van der Waals surface area contributed by atoms with Crippen LogP contribution >= 0.6 is 11.3 Å². The summed E-state index contributed by atoms with van der Waals surface area (Å²) in [5.74, 6) is 0. The lowest BCUT2D eigenvalue weighted by atomic mass is 10.1. The molecule has 0 fully saturated rings. The van der Waals surface area contributed by atoms with Crippen molar-refractivity contribution in [3.63, 3.8) is 0 Å². The van der Waals surface area contributed by atoms with E-state index in [-0.39, 0.29) is 5.54 Å². The van der Waals surface area contributed by atoms with Crippen LogP contribution in [-0.4, -0.2) is 27.3 Å². The van der Waals surface area contributed by atoms with Crippen LogP contribution in [0, 0.1) is 0 Å². The summed E-state index contributed by atoms with van der Waals surface area (Å²) >= 11 is 1.63. The SMILES string of the molecule is CC(C)(C)NCCCc1nnc(-c2ccccn2)s1. The van der Waals surface area contributed by atoms with Crippen molar-refractivity contribution in [1.82, 2.24) is 20.5 Å². The van der Waals surface area contributed by atoms with E-state index in [4.69, 9.17) is 0 Å². The molecule has 19 heavy (non-hydrogen) atoms. The number of aryl methyl sites for hydroxylation is 1. The summed E-state index contributed by atoms with van der Waals surface area (Å²) in [5.41, 5.74) is 1.08. The minimum absolute atomic E-state index is 0.181. The number of hydrogen-bond acceptors (Lipinski definition) is 5. The third kappa shape index (κ3) is 4.69. The molecule has 5 heteroatoms. The topological polar surface area (TPSA) is 50.7 Å². The van der Waals surface area contributed by atoms with E-state index in [0.717, 1.165) is 35.1 Å². The van der Waals surface area contributed by atoms with Gasteiger partial charge >= 0.3 is 0 Å². The predicted molar refractivity (Wildman–Crippen MR) is 79.2 cm³/mol. The van der Waals surface area contributed by atoms with E-state index in [0.29, 0.717) is 0 Å². The molecule has 0 radical (unpaired) electrons. The summed E-state index contributed by atoms with van der Waals surface area (Å²) < 4.78 is 0. The van der Waals surface area contributed by atoms with Crippen molar-refractivity contribution < 1.29 is 0 Å². The van der Waals surface area contributed by atoms with E-state index in [1.807, 2.05) is 18.2 Å². The van der Waals surface area contributed by atoms with Gasteiger partial charge in [-0.2, -0.15) is 0 Å². The van der Waals surface area contributed by atoms with Crippen LogP contribution in [0.5, 0.6) is 0 Å². The van der Waals surface area contributed by atoms with Crippen molar-refractivity contribution in [2.45, 2.75) is 39.2 Å². The lowest BCUT2D eigenvalue weighted by Gasteiger charge is -2.20. The average molecular weight is 276 g/mol. The van der Waals surface area contributed by atoms with E-state index >= 15 is 0 Å². The highest BCUT2D eigenvalue weighted by Gasteiger charge is 2.09. The molecule has 0 spiro atoms. The van der Waals surface area contributed by atoms with Crippen molar-refractivity contribution in [1.29, 1.82) is 0 Å². The summed E-state index contributed by atoms with van der Waals surface area (Å²) in [5, 5.41) is 13.9. The Balaban J connectivity index is 1.85. The van der Waals surface area contributed by atoms with E-state index in [1.54, 1.807) is 17.5 Å². The van der Waals surface area contributed by atoms with Gasteiger partial charge in [-0.15, -0.1) is 10.2 Å². The van der Waals surface area contributed by atoms with E-state index in [2.05, 4.69) is 41.3 Å². The van der Waals surface area contributed by atoms with Gasteiger partial charge in [0.1, 0.15) is 10.7 Å². The van der Waals surface area contributed by atoms with Crippen molar-refractivity contribution in [2.75, 3.05) is 6.54 Å². The molecule has 102 valence electrons. The van der Waals surface area contributed by atoms with E-state index < -0.39 is 0 Å². The Morgan fingerprint density at radius 1 is 1.21 bits per heavy atom. The molecule has 0 aliphatic carbocycles. The average Bonchev–Trinajstić information content (AvgIpc) is 2.83. The molecule has 2 heterocycles. The van der Waals surface area contributed by atoms with Crippen LogP contribution in [0.25, 0.3) is 10.7 Å². The molecule has 1 N–H and O–H groups in total. The molecular formula is C14H20N4S. The zero-order chi connectivity index (χ0) is 13.7. The molecule has 2 rings (SSSR count). The molecule has 0 aliphatic rings. The summed E-state index contributed by atoms with van der Waals surface area (Å²) in [6.45, 7) is 7.54. The number of aromatic nitrogens is 3. The largest absolute Gasteiger partial charge is 0.312 e. The Morgan fingerprint density at radius 2 is 2.05 bits per heavy atom. The normalized spacial score (nSPS) is 11.7. The molecule has 0 unspecified atom stereocenters. The first-order chi connectivity index (χ1) is 9.04. The van der Waals surface area contributed by atoms with Gasteiger partial charge in [0, 0.05) is 18.2 Å². The summed E-state index contributed by atoms with van der Waals surface area (Å²) in [6, 6.07) is 5.84. The number of nitrogens with zero attached hydrogens (tertiary/aromatic N) is 3. The van der Waals surface area contributed by atoms with Gasteiger partial charge in [0.2, 0.25) is 0 Å². The van der Waals surface area contributed by atoms with Gasteiger partial charge in [0.15, 0.2) is 5.01 Å². The zero-order valence-corrected chi connectivity index (χ0v) is 12.5. The van der Waals surface area contributed by atoms with Crippen molar-refractivity contribution in [2.24, 2.45) is 0 Å². The minimum Gasteiger partial charge on any atom is -0.312 e. The van der Waals surface area contributed by atoms with Crippen LogP contribution in [0.1, 0.15) is 32.2 Å². The Kier molecular flexibility index (Phi) is 4.61. The molecule has 0 saturated carbocycles. The molecule has 0 atom stereocenters. The van der Waals surface area contributed by atoms with Crippen LogP contribution in [0.3, 0.4) is 0 Å². The number of rotatable bonds is 5. The monoisotopic (exact) mass is 276 g/mol. The lowest BCUT2D eigenvalue weighted by Crippen LogP contribution is -2.36. The number of nitrogens with one attached hydrogen (secondary N) is 1. The lowest BCUT2D eigenvalue weighted by molar-refractivity contribution is 0.422. The van der Waals surface area contributed by atoms with Gasteiger partial charge in [0.25, 0.3) is 0 Å². The van der Waals surface area contributed by atoms with Gasteiger partial charge in [-0.05, 0) is 45.9 Å². The smallest absolute Gasteiger partial charge is 0.166 e. The Hall–Kier alpha value is -1.33. The van der Waals surface area contributed by atoms with Gasteiger partial charge in [-0.3, -0.25) is 4.98 Å². The first-order valence-corrected chi connectivity index (χ1v) is 7.35. The number of pyridine rings is 1. The quantitative estimate of drug-likeness (QED) is 0.853. The van der Waals surface area contributed by atoms with Gasteiger partial charge in [-0.1, -0.05) is 17.4 Å². The zero-order valence-electron chi connectivity index (χ0n) is 11.7. The second kappa shape index (κ2) is 6.21. The minimum atomic E-state index is 0.181. The fourth-order valence-electron chi connectivity index (χ4n) is 1.65. The Bertz CT molecular complexity index is 502. The fourth-order valence-corrected chi connectivity index (χ4v) is 2.51. The van der Waals surface area contributed by atoms with E-state index in [1.165, 1.54) is 0 Å². The Labute approximate surface area is 118 Å².